The van der Waals surface area contributed by atoms with Crippen LogP contribution in [0.1, 0.15) is 6.92 Å². The van der Waals surface area contributed by atoms with E-state index in [1.165, 1.54) is 0 Å². The number of hydrogen-bond donors (Lipinski definition) is 3. The number of carbonyl (C=O) groups excluding carboxylic acids is 1. The van der Waals surface area contributed by atoms with E-state index in [1.54, 1.807) is 0 Å². The molecule has 3 N–H and O–H groups in total. The van der Waals surface area contributed by atoms with Crippen molar-refractivity contribution in [2.45, 2.75) is 13.0 Å². The average Bonchev–Trinajstić information content (AvgIpc) is 2.10. The lowest BCUT2D eigenvalue weighted by Crippen LogP contribution is -2.44. The number of rotatable bonds is 5. The molecule has 0 radical (unpaired) electrons. The third kappa shape index (κ3) is 6.24. The molecule has 2 amide bonds. The van der Waals surface area contributed by atoms with Gasteiger partial charge in [-0.25, -0.2) is 4.79 Å². The minimum absolute atomic E-state index is 0.213. The largest absolute Gasteiger partial charge is 0.480 e. The van der Waals surface area contributed by atoms with Gasteiger partial charge in [0, 0.05) is 12.6 Å². The quantitative estimate of drug-likeness (QED) is 0.553. The first-order chi connectivity index (χ1) is 6.43. The van der Waals surface area contributed by atoms with Crippen molar-refractivity contribution in [2.24, 2.45) is 0 Å². The molecule has 6 heteroatoms. The smallest absolute Gasteiger partial charge is 0.323 e. The summed E-state index contributed by atoms with van der Waals surface area (Å²) in [4.78, 5) is 23.0. The van der Waals surface area contributed by atoms with Crippen LogP contribution in [-0.4, -0.2) is 55.2 Å². The molecular weight excluding hydrogens is 186 g/mol. The summed E-state index contributed by atoms with van der Waals surface area (Å²) in [6, 6.07) is -0.244. The topological polar surface area (TPSA) is 81.7 Å². The van der Waals surface area contributed by atoms with Gasteiger partial charge in [-0.05, 0) is 21.0 Å². The van der Waals surface area contributed by atoms with E-state index in [1.807, 2.05) is 25.9 Å². The molecule has 82 valence electrons. The summed E-state index contributed by atoms with van der Waals surface area (Å²) in [5, 5.41) is 13.0. The highest BCUT2D eigenvalue weighted by Crippen LogP contribution is 1.87. The monoisotopic (exact) mass is 203 g/mol. The SMILES string of the molecule is CC(CNC(=O)NCC(=O)O)N(C)C. The summed E-state index contributed by atoms with van der Waals surface area (Å²) in [6.45, 7) is 2.08. The van der Waals surface area contributed by atoms with Crippen LogP contribution in [0.25, 0.3) is 0 Å². The van der Waals surface area contributed by atoms with Crippen molar-refractivity contribution >= 4 is 12.0 Å². The molecule has 1 unspecified atom stereocenters. The maximum atomic E-state index is 11.0. The fraction of sp³-hybridized carbons (Fsp3) is 0.750. The Morgan fingerprint density at radius 2 is 1.93 bits per heavy atom. The minimum Gasteiger partial charge on any atom is -0.480 e. The van der Waals surface area contributed by atoms with E-state index < -0.39 is 12.0 Å². The normalized spacial score (nSPS) is 12.3. The molecule has 0 spiro atoms. The number of carbonyl (C=O) groups is 2. The predicted octanol–water partition coefficient (Wildman–Crippen LogP) is -0.680. The fourth-order valence-corrected chi connectivity index (χ4v) is 0.641. The zero-order valence-electron chi connectivity index (χ0n) is 8.70. The molecule has 6 nitrogen and oxygen atoms in total. The van der Waals surface area contributed by atoms with Crippen molar-refractivity contribution < 1.29 is 14.7 Å². The molecule has 0 rings (SSSR count). The van der Waals surface area contributed by atoms with E-state index in [-0.39, 0.29) is 12.6 Å². The number of carboxylic acids is 1. The number of carboxylic acid groups (broad SMARTS) is 1. The van der Waals surface area contributed by atoms with E-state index in [2.05, 4.69) is 10.6 Å². The fourth-order valence-electron chi connectivity index (χ4n) is 0.641. The molecule has 0 heterocycles. The molecule has 1 atom stereocenters. The third-order valence-electron chi connectivity index (χ3n) is 1.84. The number of nitrogens with one attached hydrogen (secondary N) is 2. The third-order valence-corrected chi connectivity index (χ3v) is 1.84. The van der Waals surface area contributed by atoms with Crippen LogP contribution >= 0.6 is 0 Å². The Labute approximate surface area is 83.3 Å². The standard InChI is InChI=1S/C8H17N3O3/c1-6(11(2)3)4-9-8(14)10-5-7(12)13/h6H,4-5H2,1-3H3,(H,12,13)(H2,9,10,14). The van der Waals surface area contributed by atoms with E-state index >= 15 is 0 Å². The highest BCUT2D eigenvalue weighted by Gasteiger charge is 2.07. The average molecular weight is 203 g/mol. The molecule has 0 aliphatic rings. The van der Waals surface area contributed by atoms with Crippen LogP contribution in [-0.2, 0) is 4.79 Å². The maximum absolute atomic E-state index is 11.0. The summed E-state index contributed by atoms with van der Waals surface area (Å²) >= 11 is 0. The first-order valence-corrected chi connectivity index (χ1v) is 4.33. The molecule has 0 saturated carbocycles. The first kappa shape index (κ1) is 12.7. The number of amides is 2. The highest BCUT2D eigenvalue weighted by molar-refractivity contribution is 5.79. The van der Waals surface area contributed by atoms with Gasteiger partial charge in [0.1, 0.15) is 6.54 Å². The van der Waals surface area contributed by atoms with Gasteiger partial charge < -0.3 is 20.6 Å². The molecule has 0 aliphatic carbocycles. The number of urea groups is 1. The predicted molar refractivity (Wildman–Crippen MR) is 52.2 cm³/mol. The molecule has 0 aliphatic heterocycles. The van der Waals surface area contributed by atoms with Crippen molar-refractivity contribution in [3.63, 3.8) is 0 Å². The van der Waals surface area contributed by atoms with Gasteiger partial charge in [-0.1, -0.05) is 0 Å². The lowest BCUT2D eigenvalue weighted by Gasteiger charge is -2.19. The summed E-state index contributed by atoms with van der Waals surface area (Å²) in [6.07, 6.45) is 0. The van der Waals surface area contributed by atoms with Crippen molar-refractivity contribution in [1.82, 2.24) is 15.5 Å². The second-order valence-electron chi connectivity index (χ2n) is 3.27. The van der Waals surface area contributed by atoms with E-state index in [0.717, 1.165) is 0 Å². The first-order valence-electron chi connectivity index (χ1n) is 4.33. The van der Waals surface area contributed by atoms with E-state index in [0.29, 0.717) is 6.54 Å². The summed E-state index contributed by atoms with van der Waals surface area (Å²) < 4.78 is 0. The van der Waals surface area contributed by atoms with E-state index in [9.17, 15) is 9.59 Å². The second-order valence-corrected chi connectivity index (χ2v) is 3.27. The van der Waals surface area contributed by atoms with E-state index in [4.69, 9.17) is 5.11 Å². The summed E-state index contributed by atoms with van der Waals surface area (Å²) in [5.74, 6) is -1.05. The van der Waals surface area contributed by atoms with Crippen LogP contribution in [0.3, 0.4) is 0 Å². The maximum Gasteiger partial charge on any atom is 0.323 e. The molecule has 0 fully saturated rings. The second kappa shape index (κ2) is 6.20. The molecule has 0 aromatic rings. The lowest BCUT2D eigenvalue weighted by molar-refractivity contribution is -0.135. The molecule has 0 saturated heterocycles. The summed E-state index contributed by atoms with van der Waals surface area (Å²) in [5.41, 5.74) is 0. The number of aliphatic carboxylic acids is 1. The van der Waals surface area contributed by atoms with Crippen LogP contribution in [0, 0.1) is 0 Å². The highest BCUT2D eigenvalue weighted by atomic mass is 16.4. The Kier molecular flexibility index (Phi) is 5.62. The zero-order chi connectivity index (χ0) is 11.1. The van der Waals surface area contributed by atoms with Crippen molar-refractivity contribution in [3.05, 3.63) is 0 Å². The van der Waals surface area contributed by atoms with Gasteiger partial charge in [0.25, 0.3) is 0 Å². The number of nitrogens with zero attached hydrogens (tertiary/aromatic N) is 1. The Bertz CT molecular complexity index is 206. The van der Waals surface area contributed by atoms with Gasteiger partial charge >= 0.3 is 12.0 Å². The van der Waals surface area contributed by atoms with Crippen molar-refractivity contribution in [1.29, 1.82) is 0 Å². The Morgan fingerprint density at radius 3 is 2.36 bits per heavy atom. The molecule has 14 heavy (non-hydrogen) atoms. The van der Waals surface area contributed by atoms with Crippen molar-refractivity contribution in [3.8, 4) is 0 Å². The number of hydrogen-bond acceptors (Lipinski definition) is 3. The Balaban J connectivity index is 3.58. The van der Waals surface area contributed by atoms with Gasteiger partial charge in [-0.15, -0.1) is 0 Å². The van der Waals surface area contributed by atoms with Gasteiger partial charge in [-0.3, -0.25) is 4.79 Å². The van der Waals surface area contributed by atoms with Gasteiger partial charge in [0.05, 0.1) is 0 Å². The van der Waals surface area contributed by atoms with Gasteiger partial charge in [0.2, 0.25) is 0 Å². The molecule has 0 bridgehead atoms. The zero-order valence-corrected chi connectivity index (χ0v) is 8.70. The van der Waals surface area contributed by atoms with Crippen LogP contribution < -0.4 is 10.6 Å². The Hall–Kier alpha value is -1.30. The van der Waals surface area contributed by atoms with Crippen molar-refractivity contribution in [2.75, 3.05) is 27.2 Å². The molecular formula is C8H17N3O3. The molecule has 0 aromatic heterocycles. The van der Waals surface area contributed by atoms with Gasteiger partial charge in [-0.2, -0.15) is 0 Å². The van der Waals surface area contributed by atoms with Crippen LogP contribution in [0.15, 0.2) is 0 Å². The molecule has 0 aromatic carbocycles. The number of likely N-dealkylation sites (N-methyl/N-ethyl adjacent to an activating group) is 1. The minimum atomic E-state index is -1.05. The van der Waals surface area contributed by atoms with Gasteiger partial charge in [0.15, 0.2) is 0 Å². The van der Waals surface area contributed by atoms with Crippen LogP contribution in [0.2, 0.25) is 0 Å². The summed E-state index contributed by atoms with van der Waals surface area (Å²) in [7, 11) is 3.81. The lowest BCUT2D eigenvalue weighted by atomic mass is 10.3. The Morgan fingerprint density at radius 1 is 1.36 bits per heavy atom. The van der Waals surface area contributed by atoms with Crippen LogP contribution in [0.5, 0.6) is 0 Å². The van der Waals surface area contributed by atoms with Crippen LogP contribution in [0.4, 0.5) is 4.79 Å².